The van der Waals surface area contributed by atoms with Crippen LogP contribution in [0.15, 0.2) is 36.4 Å². The summed E-state index contributed by atoms with van der Waals surface area (Å²) in [5.74, 6) is -0.00244. The number of halogens is 2. The van der Waals surface area contributed by atoms with Crippen molar-refractivity contribution in [3.63, 3.8) is 0 Å². The van der Waals surface area contributed by atoms with E-state index in [1.54, 1.807) is 24.3 Å². The van der Waals surface area contributed by atoms with Crippen LogP contribution in [0.4, 0.5) is 0 Å². The highest BCUT2D eigenvalue weighted by Gasteiger charge is 2.10. The molecule has 2 aromatic carbocycles. The monoisotopic (exact) mass is 326 g/mol. The fourth-order valence-corrected chi connectivity index (χ4v) is 2.24. The molecule has 0 atom stereocenters. The van der Waals surface area contributed by atoms with Gasteiger partial charge in [-0.2, -0.15) is 0 Å². The average Bonchev–Trinajstić information content (AvgIpc) is 2.46. The maximum atomic E-state index is 11.0. The standard InChI is InChI=1S/C15H12Cl2O4/c1-20-13-4-2-9(15(18)19)6-10(13)8-21-14-5-3-11(16)7-12(14)17/h2-7H,8H2,1H3,(H,18,19). The molecular weight excluding hydrogens is 315 g/mol. The van der Waals surface area contributed by atoms with Crippen LogP contribution in [0.25, 0.3) is 0 Å². The molecule has 0 spiro atoms. The van der Waals surface area contributed by atoms with Crippen LogP contribution in [0.2, 0.25) is 10.0 Å². The first-order valence-corrected chi connectivity index (χ1v) is 6.75. The first kappa shape index (κ1) is 15.5. The van der Waals surface area contributed by atoms with Gasteiger partial charge in [0.2, 0.25) is 0 Å². The van der Waals surface area contributed by atoms with Gasteiger partial charge >= 0.3 is 5.97 Å². The maximum absolute atomic E-state index is 11.0. The van der Waals surface area contributed by atoms with Crippen molar-refractivity contribution in [1.82, 2.24) is 0 Å². The second-order valence-electron chi connectivity index (χ2n) is 4.20. The van der Waals surface area contributed by atoms with Gasteiger partial charge in [0.1, 0.15) is 18.1 Å². The number of carbonyl (C=O) groups is 1. The molecule has 0 radical (unpaired) electrons. The summed E-state index contributed by atoms with van der Waals surface area (Å²) in [5.41, 5.74) is 0.778. The van der Waals surface area contributed by atoms with Crippen LogP contribution < -0.4 is 9.47 Å². The van der Waals surface area contributed by atoms with E-state index in [0.29, 0.717) is 27.1 Å². The third kappa shape index (κ3) is 3.80. The molecule has 0 aliphatic heterocycles. The van der Waals surface area contributed by atoms with Crippen molar-refractivity contribution in [2.45, 2.75) is 6.61 Å². The van der Waals surface area contributed by atoms with Gasteiger partial charge < -0.3 is 14.6 Å². The SMILES string of the molecule is COc1ccc(C(=O)O)cc1COc1ccc(Cl)cc1Cl. The van der Waals surface area contributed by atoms with Crippen molar-refractivity contribution in [3.8, 4) is 11.5 Å². The molecule has 0 bridgehead atoms. The highest BCUT2D eigenvalue weighted by molar-refractivity contribution is 6.35. The number of hydrogen-bond acceptors (Lipinski definition) is 3. The summed E-state index contributed by atoms with van der Waals surface area (Å²) < 4.78 is 10.8. The zero-order chi connectivity index (χ0) is 15.4. The summed E-state index contributed by atoms with van der Waals surface area (Å²) >= 11 is 11.8. The first-order chi connectivity index (χ1) is 10.0. The summed E-state index contributed by atoms with van der Waals surface area (Å²) in [4.78, 5) is 11.0. The molecule has 0 aliphatic rings. The van der Waals surface area contributed by atoms with Gasteiger partial charge in [0.05, 0.1) is 17.7 Å². The van der Waals surface area contributed by atoms with E-state index >= 15 is 0 Å². The molecular formula is C15H12Cl2O4. The Morgan fingerprint density at radius 2 is 1.86 bits per heavy atom. The van der Waals surface area contributed by atoms with Crippen molar-refractivity contribution in [2.75, 3.05) is 7.11 Å². The van der Waals surface area contributed by atoms with E-state index in [1.807, 2.05) is 0 Å². The van der Waals surface area contributed by atoms with Crippen molar-refractivity contribution < 1.29 is 19.4 Å². The highest BCUT2D eigenvalue weighted by atomic mass is 35.5. The molecule has 6 heteroatoms. The Morgan fingerprint density at radius 1 is 1.14 bits per heavy atom. The number of methoxy groups -OCH3 is 1. The third-order valence-electron chi connectivity index (χ3n) is 2.80. The Morgan fingerprint density at radius 3 is 2.48 bits per heavy atom. The Hall–Kier alpha value is -1.91. The van der Waals surface area contributed by atoms with Gasteiger partial charge in [0.15, 0.2) is 0 Å². The molecule has 0 unspecified atom stereocenters. The molecule has 0 saturated carbocycles. The van der Waals surface area contributed by atoms with Gasteiger partial charge in [-0.25, -0.2) is 4.79 Å². The van der Waals surface area contributed by atoms with Crippen LogP contribution in [0.1, 0.15) is 15.9 Å². The fraction of sp³-hybridized carbons (Fsp3) is 0.133. The van der Waals surface area contributed by atoms with E-state index in [2.05, 4.69) is 0 Å². The van der Waals surface area contributed by atoms with E-state index in [0.717, 1.165) is 0 Å². The summed E-state index contributed by atoms with van der Waals surface area (Å²) in [6, 6.07) is 9.45. The maximum Gasteiger partial charge on any atom is 0.335 e. The minimum Gasteiger partial charge on any atom is -0.496 e. The zero-order valence-electron chi connectivity index (χ0n) is 11.1. The van der Waals surface area contributed by atoms with Gasteiger partial charge in [-0.15, -0.1) is 0 Å². The second-order valence-corrected chi connectivity index (χ2v) is 5.04. The third-order valence-corrected chi connectivity index (χ3v) is 3.33. The number of hydrogen-bond donors (Lipinski definition) is 1. The van der Waals surface area contributed by atoms with Crippen molar-refractivity contribution in [2.24, 2.45) is 0 Å². The number of benzene rings is 2. The lowest BCUT2D eigenvalue weighted by atomic mass is 10.1. The molecule has 2 rings (SSSR count). The van der Waals surface area contributed by atoms with E-state index in [1.165, 1.54) is 19.2 Å². The lowest BCUT2D eigenvalue weighted by Crippen LogP contribution is -2.03. The Balaban J connectivity index is 2.22. The summed E-state index contributed by atoms with van der Waals surface area (Å²) in [6.45, 7) is 0.131. The van der Waals surface area contributed by atoms with Crippen LogP contribution in [0, 0.1) is 0 Å². The predicted octanol–water partition coefficient (Wildman–Crippen LogP) is 4.28. The molecule has 2 aromatic rings. The normalized spacial score (nSPS) is 10.2. The highest BCUT2D eigenvalue weighted by Crippen LogP contribution is 2.29. The van der Waals surface area contributed by atoms with Crippen LogP contribution in [-0.4, -0.2) is 18.2 Å². The summed E-state index contributed by atoms with van der Waals surface area (Å²) in [5, 5.41) is 9.91. The summed E-state index contributed by atoms with van der Waals surface area (Å²) in [6.07, 6.45) is 0. The molecule has 0 heterocycles. The molecule has 0 fully saturated rings. The molecule has 0 aliphatic carbocycles. The van der Waals surface area contributed by atoms with Gasteiger partial charge in [-0.05, 0) is 36.4 Å². The second kappa shape index (κ2) is 6.70. The number of carboxylic acids is 1. The first-order valence-electron chi connectivity index (χ1n) is 5.99. The lowest BCUT2D eigenvalue weighted by Gasteiger charge is -2.12. The van der Waals surface area contributed by atoms with Gasteiger partial charge in [0.25, 0.3) is 0 Å². The van der Waals surface area contributed by atoms with E-state index in [9.17, 15) is 4.79 Å². The summed E-state index contributed by atoms with van der Waals surface area (Å²) in [7, 11) is 1.51. The average molecular weight is 327 g/mol. The van der Waals surface area contributed by atoms with Crippen molar-refractivity contribution in [1.29, 1.82) is 0 Å². The molecule has 21 heavy (non-hydrogen) atoms. The Kier molecular flexibility index (Phi) is 4.94. The van der Waals surface area contributed by atoms with Gasteiger partial charge in [-0.1, -0.05) is 23.2 Å². The molecule has 0 aromatic heterocycles. The quantitative estimate of drug-likeness (QED) is 0.890. The van der Waals surface area contributed by atoms with E-state index < -0.39 is 5.97 Å². The minimum absolute atomic E-state index is 0.131. The molecule has 4 nitrogen and oxygen atoms in total. The van der Waals surface area contributed by atoms with Gasteiger partial charge in [-0.3, -0.25) is 0 Å². The van der Waals surface area contributed by atoms with Crippen LogP contribution in [0.3, 0.4) is 0 Å². The predicted molar refractivity (Wildman–Crippen MR) is 80.7 cm³/mol. The number of carboxylic acid groups (broad SMARTS) is 1. The fourth-order valence-electron chi connectivity index (χ4n) is 1.77. The molecule has 1 N–H and O–H groups in total. The minimum atomic E-state index is -1.01. The van der Waals surface area contributed by atoms with Gasteiger partial charge in [0, 0.05) is 10.6 Å². The molecule has 0 amide bonds. The number of ether oxygens (including phenoxy) is 2. The number of rotatable bonds is 5. The zero-order valence-corrected chi connectivity index (χ0v) is 12.6. The van der Waals surface area contributed by atoms with E-state index in [4.69, 9.17) is 37.8 Å². The topological polar surface area (TPSA) is 55.8 Å². The lowest BCUT2D eigenvalue weighted by molar-refractivity contribution is 0.0696. The van der Waals surface area contributed by atoms with E-state index in [-0.39, 0.29) is 12.2 Å². The van der Waals surface area contributed by atoms with Crippen molar-refractivity contribution in [3.05, 3.63) is 57.6 Å². The van der Waals surface area contributed by atoms with Crippen LogP contribution >= 0.6 is 23.2 Å². The molecule has 110 valence electrons. The molecule has 0 saturated heterocycles. The Labute approximate surface area is 131 Å². The smallest absolute Gasteiger partial charge is 0.335 e. The largest absolute Gasteiger partial charge is 0.496 e. The Bertz CT molecular complexity index is 671. The van der Waals surface area contributed by atoms with Crippen LogP contribution in [0.5, 0.6) is 11.5 Å². The van der Waals surface area contributed by atoms with Crippen molar-refractivity contribution >= 4 is 29.2 Å². The van der Waals surface area contributed by atoms with Crippen LogP contribution in [-0.2, 0) is 6.61 Å². The number of aromatic carboxylic acids is 1.